The molecule has 2 heterocycles. The van der Waals surface area contributed by atoms with Gasteiger partial charge in [0.1, 0.15) is 39.3 Å². The molecule has 2 aromatic rings. The van der Waals surface area contributed by atoms with E-state index in [9.17, 15) is 5.11 Å². The Bertz CT molecular complexity index is 728. The molecule has 1 aromatic carbocycles. The molecule has 1 saturated heterocycles. The first kappa shape index (κ1) is 22.0. The van der Waals surface area contributed by atoms with Gasteiger partial charge in [0.25, 0.3) is 0 Å². The second kappa shape index (κ2) is 11.5. The number of ether oxygens (including phenoxy) is 2. The third-order valence-electron chi connectivity index (χ3n) is 5.86. The lowest BCUT2D eigenvalue weighted by Crippen LogP contribution is -3.17. The van der Waals surface area contributed by atoms with E-state index in [2.05, 4.69) is 54.1 Å². The highest BCUT2D eigenvalue weighted by Crippen LogP contribution is 2.11. The van der Waals surface area contributed by atoms with E-state index in [-0.39, 0.29) is 6.10 Å². The minimum atomic E-state index is -0.310. The van der Waals surface area contributed by atoms with Gasteiger partial charge in [0.05, 0.1) is 25.5 Å². The molecule has 1 aromatic heterocycles. The number of aryl methyl sites for hydroxylation is 1. The van der Waals surface area contributed by atoms with E-state index in [0.717, 1.165) is 59.0 Å². The van der Waals surface area contributed by atoms with E-state index < -0.39 is 0 Å². The molecule has 29 heavy (non-hydrogen) atoms. The van der Waals surface area contributed by atoms with E-state index in [4.69, 9.17) is 9.47 Å². The van der Waals surface area contributed by atoms with Crippen molar-refractivity contribution in [3.63, 3.8) is 0 Å². The van der Waals surface area contributed by atoms with Crippen LogP contribution in [-0.4, -0.2) is 75.4 Å². The average Bonchev–Trinajstić information content (AvgIpc) is 3.15. The molecule has 3 N–H and O–H groups in total. The summed E-state index contributed by atoms with van der Waals surface area (Å²) in [5, 5.41) is 10.7. The van der Waals surface area contributed by atoms with Gasteiger partial charge >= 0.3 is 0 Å². The number of aromatic nitrogens is 1. The van der Waals surface area contributed by atoms with Crippen molar-refractivity contribution in [1.29, 1.82) is 0 Å². The molecule has 6 heteroatoms. The summed E-state index contributed by atoms with van der Waals surface area (Å²) in [6.45, 7) is 10.6. The van der Waals surface area contributed by atoms with E-state index in [1.54, 1.807) is 7.11 Å². The fourth-order valence-electron chi connectivity index (χ4n) is 4.10. The SMILES string of the molecule is COCC[NH+](Cc1cccn1Cc1ccccc1C)C[C@H](O)C[NH+]1CCOCC1. The third kappa shape index (κ3) is 6.94. The number of hydrogen-bond donors (Lipinski definition) is 3. The summed E-state index contributed by atoms with van der Waals surface area (Å²) in [5.41, 5.74) is 3.96. The maximum Gasteiger partial charge on any atom is 0.152 e. The summed E-state index contributed by atoms with van der Waals surface area (Å²) in [5.74, 6) is 0. The maximum atomic E-state index is 10.7. The second-order valence-corrected chi connectivity index (χ2v) is 8.15. The monoisotopic (exact) mass is 403 g/mol. The largest absolute Gasteiger partial charge is 0.382 e. The Hall–Kier alpha value is -1.70. The van der Waals surface area contributed by atoms with Crippen LogP contribution in [0.5, 0.6) is 0 Å². The van der Waals surface area contributed by atoms with Gasteiger partial charge in [-0.1, -0.05) is 24.3 Å². The number of aliphatic hydroxyl groups is 1. The van der Waals surface area contributed by atoms with E-state index in [0.29, 0.717) is 6.61 Å². The topological polar surface area (TPSA) is 52.5 Å². The number of morpholine rings is 1. The summed E-state index contributed by atoms with van der Waals surface area (Å²) in [7, 11) is 1.74. The number of nitrogens with zero attached hydrogens (tertiary/aromatic N) is 1. The molecule has 1 aliphatic heterocycles. The van der Waals surface area contributed by atoms with Crippen molar-refractivity contribution in [2.45, 2.75) is 26.1 Å². The van der Waals surface area contributed by atoms with Crippen LogP contribution in [0.4, 0.5) is 0 Å². The van der Waals surface area contributed by atoms with Crippen LogP contribution in [0.3, 0.4) is 0 Å². The van der Waals surface area contributed by atoms with Gasteiger partial charge in [0, 0.05) is 19.9 Å². The van der Waals surface area contributed by atoms with Gasteiger partial charge in [-0.3, -0.25) is 0 Å². The predicted octanol–water partition coefficient (Wildman–Crippen LogP) is -0.848. The van der Waals surface area contributed by atoms with Crippen LogP contribution in [0.15, 0.2) is 42.6 Å². The van der Waals surface area contributed by atoms with Crippen molar-refractivity contribution in [3.8, 4) is 0 Å². The number of benzene rings is 1. The first-order valence-electron chi connectivity index (χ1n) is 10.8. The van der Waals surface area contributed by atoms with Crippen LogP contribution >= 0.6 is 0 Å². The van der Waals surface area contributed by atoms with Crippen molar-refractivity contribution in [2.24, 2.45) is 0 Å². The van der Waals surface area contributed by atoms with Crippen LogP contribution in [-0.2, 0) is 22.6 Å². The summed E-state index contributed by atoms with van der Waals surface area (Å²) >= 11 is 0. The number of rotatable bonds is 11. The highest BCUT2D eigenvalue weighted by Gasteiger charge is 2.23. The van der Waals surface area contributed by atoms with Gasteiger partial charge < -0.3 is 28.9 Å². The van der Waals surface area contributed by atoms with Crippen LogP contribution < -0.4 is 9.80 Å². The standard InChI is InChI=1S/C23H35N3O3/c1-20-6-3-4-7-21(20)16-26-9-5-8-22(26)17-25(10-13-28-2)19-23(27)18-24-11-14-29-15-12-24/h3-9,23,27H,10-19H2,1-2H3/p+2/t23-/m1/s1. The fraction of sp³-hybridized carbons (Fsp3) is 0.565. The Kier molecular flexibility index (Phi) is 8.70. The molecule has 1 aliphatic rings. The Morgan fingerprint density at radius 1 is 1.21 bits per heavy atom. The lowest BCUT2D eigenvalue weighted by molar-refractivity contribution is -0.935. The van der Waals surface area contributed by atoms with E-state index >= 15 is 0 Å². The molecule has 0 bridgehead atoms. The fourth-order valence-corrected chi connectivity index (χ4v) is 4.10. The summed E-state index contributed by atoms with van der Waals surface area (Å²) in [4.78, 5) is 2.80. The van der Waals surface area contributed by atoms with Crippen molar-refractivity contribution in [1.82, 2.24) is 4.57 Å². The highest BCUT2D eigenvalue weighted by molar-refractivity contribution is 5.26. The maximum absolute atomic E-state index is 10.7. The third-order valence-corrected chi connectivity index (χ3v) is 5.86. The van der Waals surface area contributed by atoms with E-state index in [1.165, 1.54) is 26.6 Å². The first-order valence-corrected chi connectivity index (χ1v) is 10.8. The Morgan fingerprint density at radius 3 is 2.76 bits per heavy atom. The van der Waals surface area contributed by atoms with Gasteiger partial charge in [-0.25, -0.2) is 0 Å². The molecule has 2 atom stereocenters. The Balaban J connectivity index is 1.61. The average molecular weight is 404 g/mol. The second-order valence-electron chi connectivity index (χ2n) is 8.15. The van der Waals surface area contributed by atoms with Gasteiger partial charge in [-0.2, -0.15) is 0 Å². The molecule has 0 radical (unpaired) electrons. The zero-order chi connectivity index (χ0) is 20.5. The molecular weight excluding hydrogens is 366 g/mol. The van der Waals surface area contributed by atoms with Crippen LogP contribution in [0, 0.1) is 6.92 Å². The molecule has 0 saturated carbocycles. The molecule has 1 unspecified atom stereocenters. The van der Waals surface area contributed by atoms with Gasteiger partial charge in [0.2, 0.25) is 0 Å². The number of nitrogens with one attached hydrogen (secondary N) is 2. The normalized spacial score (nSPS) is 17.3. The van der Waals surface area contributed by atoms with Crippen LogP contribution in [0.2, 0.25) is 0 Å². The molecule has 160 valence electrons. The van der Waals surface area contributed by atoms with Crippen LogP contribution in [0.1, 0.15) is 16.8 Å². The van der Waals surface area contributed by atoms with Crippen molar-refractivity contribution in [3.05, 3.63) is 59.4 Å². The molecule has 3 rings (SSSR count). The zero-order valence-electron chi connectivity index (χ0n) is 17.9. The Labute approximate surface area is 174 Å². The molecule has 1 fully saturated rings. The van der Waals surface area contributed by atoms with Gasteiger partial charge in [-0.05, 0) is 30.2 Å². The van der Waals surface area contributed by atoms with Crippen molar-refractivity contribution >= 4 is 0 Å². The molecule has 0 aliphatic carbocycles. The molecule has 0 amide bonds. The summed E-state index contributed by atoms with van der Waals surface area (Å²) in [6, 6.07) is 12.9. The number of aliphatic hydroxyl groups excluding tert-OH is 1. The first-order chi connectivity index (χ1) is 14.2. The van der Waals surface area contributed by atoms with Crippen LogP contribution in [0.25, 0.3) is 0 Å². The van der Waals surface area contributed by atoms with Gasteiger partial charge in [0.15, 0.2) is 6.10 Å². The van der Waals surface area contributed by atoms with Crippen molar-refractivity contribution in [2.75, 3.05) is 59.7 Å². The minimum absolute atomic E-state index is 0.310. The number of methoxy groups -OCH3 is 1. The zero-order valence-corrected chi connectivity index (χ0v) is 17.9. The smallest absolute Gasteiger partial charge is 0.152 e. The van der Waals surface area contributed by atoms with Crippen molar-refractivity contribution < 1.29 is 24.4 Å². The quantitative estimate of drug-likeness (QED) is 0.458. The lowest BCUT2D eigenvalue weighted by atomic mass is 10.1. The number of quaternary nitrogens is 2. The molecular formula is C23H37N3O3+2. The molecule has 0 spiro atoms. The highest BCUT2D eigenvalue weighted by atomic mass is 16.5. The number of hydrogen-bond acceptors (Lipinski definition) is 3. The summed E-state index contributed by atoms with van der Waals surface area (Å²) < 4.78 is 13.1. The van der Waals surface area contributed by atoms with E-state index in [1.807, 2.05) is 0 Å². The Morgan fingerprint density at radius 2 is 2.00 bits per heavy atom. The summed E-state index contributed by atoms with van der Waals surface area (Å²) in [6.07, 6.45) is 1.85. The lowest BCUT2D eigenvalue weighted by Gasteiger charge is -2.28. The minimum Gasteiger partial charge on any atom is -0.382 e. The predicted molar refractivity (Wildman–Crippen MR) is 113 cm³/mol. The van der Waals surface area contributed by atoms with Gasteiger partial charge in [-0.15, -0.1) is 0 Å². The molecule has 6 nitrogen and oxygen atoms in total.